The predicted molar refractivity (Wildman–Crippen MR) is 48.5 cm³/mol. The van der Waals surface area contributed by atoms with Crippen molar-refractivity contribution < 1.29 is 10.2 Å². The largest absolute Gasteiger partial charge is 0.383 e. The molecule has 0 aliphatic carbocycles. The monoisotopic (exact) mass is 242 g/mol. The number of pyridine rings is 1. The van der Waals surface area contributed by atoms with E-state index in [1.807, 2.05) is 0 Å². The second kappa shape index (κ2) is 4.33. The third kappa shape index (κ3) is 2.49. The number of rotatable bonds is 2. The van der Waals surface area contributed by atoms with Crippen molar-refractivity contribution in [1.82, 2.24) is 4.98 Å². The van der Waals surface area contributed by atoms with Crippen LogP contribution in [-0.4, -0.2) is 21.3 Å². The molecule has 1 aromatic rings. The van der Waals surface area contributed by atoms with Crippen LogP contribution in [0.5, 0.6) is 0 Å². The first-order valence-corrected chi connectivity index (χ1v) is 4.31. The van der Waals surface area contributed by atoms with Crippen molar-refractivity contribution in [2.24, 2.45) is 0 Å². The molecular formula is C8H7BrN2O2. The van der Waals surface area contributed by atoms with Gasteiger partial charge in [0.25, 0.3) is 0 Å². The molecule has 0 amide bonds. The third-order valence-electron chi connectivity index (χ3n) is 1.48. The summed E-state index contributed by atoms with van der Waals surface area (Å²) >= 11 is 3.18. The highest BCUT2D eigenvalue weighted by molar-refractivity contribution is 9.10. The van der Waals surface area contributed by atoms with E-state index in [1.54, 1.807) is 6.07 Å². The van der Waals surface area contributed by atoms with Gasteiger partial charge in [0.05, 0.1) is 11.8 Å². The SMILES string of the molecule is N#CC(O)C(O)c1ccc(Br)cn1. The van der Waals surface area contributed by atoms with Gasteiger partial charge in [-0.3, -0.25) is 4.98 Å². The van der Waals surface area contributed by atoms with E-state index in [1.165, 1.54) is 18.3 Å². The summed E-state index contributed by atoms with van der Waals surface area (Å²) in [6.45, 7) is 0. The van der Waals surface area contributed by atoms with Gasteiger partial charge in [-0.05, 0) is 28.1 Å². The Kier molecular flexibility index (Phi) is 3.37. The average Bonchev–Trinajstić information content (AvgIpc) is 2.17. The Bertz CT molecular complexity index is 320. The number of hydrogen-bond donors (Lipinski definition) is 2. The fraction of sp³-hybridized carbons (Fsp3) is 0.250. The van der Waals surface area contributed by atoms with Crippen LogP contribution in [-0.2, 0) is 0 Å². The quantitative estimate of drug-likeness (QED) is 0.752. The summed E-state index contributed by atoms with van der Waals surface area (Å²) in [5.74, 6) is 0. The molecule has 0 saturated heterocycles. The summed E-state index contributed by atoms with van der Waals surface area (Å²) < 4.78 is 0.773. The Morgan fingerprint density at radius 1 is 1.46 bits per heavy atom. The van der Waals surface area contributed by atoms with Crippen molar-refractivity contribution in [3.8, 4) is 6.07 Å². The average molecular weight is 243 g/mol. The molecule has 2 N–H and O–H groups in total. The highest BCUT2D eigenvalue weighted by atomic mass is 79.9. The Balaban J connectivity index is 2.84. The van der Waals surface area contributed by atoms with E-state index in [2.05, 4.69) is 20.9 Å². The number of aliphatic hydroxyl groups excluding tert-OH is 2. The highest BCUT2D eigenvalue weighted by Crippen LogP contribution is 2.16. The van der Waals surface area contributed by atoms with Crippen LogP contribution in [0.25, 0.3) is 0 Å². The van der Waals surface area contributed by atoms with E-state index in [-0.39, 0.29) is 5.69 Å². The summed E-state index contributed by atoms with van der Waals surface area (Å²) in [7, 11) is 0. The van der Waals surface area contributed by atoms with Crippen molar-refractivity contribution in [2.75, 3.05) is 0 Å². The molecule has 13 heavy (non-hydrogen) atoms. The van der Waals surface area contributed by atoms with Crippen LogP contribution >= 0.6 is 15.9 Å². The molecular weight excluding hydrogens is 236 g/mol. The Morgan fingerprint density at radius 2 is 2.15 bits per heavy atom. The highest BCUT2D eigenvalue weighted by Gasteiger charge is 2.18. The van der Waals surface area contributed by atoms with E-state index >= 15 is 0 Å². The lowest BCUT2D eigenvalue weighted by Crippen LogP contribution is -2.16. The normalized spacial score (nSPS) is 14.6. The van der Waals surface area contributed by atoms with Crippen LogP contribution in [0.2, 0.25) is 0 Å². The third-order valence-corrected chi connectivity index (χ3v) is 1.95. The van der Waals surface area contributed by atoms with Gasteiger partial charge in [0.1, 0.15) is 6.10 Å². The molecule has 0 fully saturated rings. The summed E-state index contributed by atoms with van der Waals surface area (Å²) in [6, 6.07) is 4.74. The topological polar surface area (TPSA) is 77.1 Å². The minimum atomic E-state index is -1.44. The number of nitriles is 1. The molecule has 1 aromatic heterocycles. The summed E-state index contributed by atoms with van der Waals surface area (Å²) in [6.07, 6.45) is -1.20. The zero-order valence-electron chi connectivity index (χ0n) is 6.55. The molecule has 2 unspecified atom stereocenters. The van der Waals surface area contributed by atoms with Crippen LogP contribution in [0.1, 0.15) is 11.8 Å². The van der Waals surface area contributed by atoms with Crippen LogP contribution in [0.3, 0.4) is 0 Å². The van der Waals surface area contributed by atoms with Gasteiger partial charge in [0, 0.05) is 10.7 Å². The van der Waals surface area contributed by atoms with Crippen molar-refractivity contribution in [3.63, 3.8) is 0 Å². The Hall–Kier alpha value is -0.960. The van der Waals surface area contributed by atoms with E-state index in [0.717, 1.165) is 4.47 Å². The van der Waals surface area contributed by atoms with Crippen molar-refractivity contribution in [2.45, 2.75) is 12.2 Å². The minimum absolute atomic E-state index is 0.275. The zero-order chi connectivity index (χ0) is 9.84. The standard InChI is InChI=1S/C8H7BrN2O2/c9-5-1-2-6(11-4-5)8(13)7(12)3-10/h1-2,4,7-8,12-13H. The molecule has 0 aliphatic heterocycles. The van der Waals surface area contributed by atoms with Gasteiger partial charge >= 0.3 is 0 Å². The number of hydrogen-bond acceptors (Lipinski definition) is 4. The van der Waals surface area contributed by atoms with Gasteiger partial charge in [0.15, 0.2) is 6.10 Å². The molecule has 68 valence electrons. The van der Waals surface area contributed by atoms with E-state index < -0.39 is 12.2 Å². The van der Waals surface area contributed by atoms with Crippen molar-refractivity contribution >= 4 is 15.9 Å². The second-order valence-electron chi connectivity index (χ2n) is 2.42. The second-order valence-corrected chi connectivity index (χ2v) is 3.34. The number of aliphatic hydroxyl groups is 2. The first-order chi connectivity index (χ1) is 6.15. The van der Waals surface area contributed by atoms with Gasteiger partial charge in [-0.2, -0.15) is 5.26 Å². The van der Waals surface area contributed by atoms with Crippen LogP contribution in [0, 0.1) is 11.3 Å². The van der Waals surface area contributed by atoms with Crippen LogP contribution in [0.4, 0.5) is 0 Å². The first-order valence-electron chi connectivity index (χ1n) is 3.52. The summed E-state index contributed by atoms with van der Waals surface area (Å²) in [4.78, 5) is 3.84. The van der Waals surface area contributed by atoms with E-state index in [0.29, 0.717) is 0 Å². The summed E-state index contributed by atoms with van der Waals surface area (Å²) in [5.41, 5.74) is 0.275. The van der Waals surface area contributed by atoms with Crippen molar-refractivity contribution in [3.05, 3.63) is 28.5 Å². The number of halogens is 1. The molecule has 4 nitrogen and oxygen atoms in total. The van der Waals surface area contributed by atoms with Gasteiger partial charge in [-0.25, -0.2) is 0 Å². The fourth-order valence-electron chi connectivity index (χ4n) is 0.795. The Morgan fingerprint density at radius 3 is 2.62 bits per heavy atom. The lowest BCUT2D eigenvalue weighted by molar-refractivity contribution is 0.0498. The maximum absolute atomic E-state index is 9.33. The molecule has 0 spiro atoms. The fourth-order valence-corrected chi connectivity index (χ4v) is 1.03. The maximum atomic E-state index is 9.33. The smallest absolute Gasteiger partial charge is 0.171 e. The molecule has 1 rings (SSSR count). The predicted octanol–water partition coefficient (Wildman–Crippen LogP) is 0.762. The van der Waals surface area contributed by atoms with Gasteiger partial charge < -0.3 is 10.2 Å². The van der Waals surface area contributed by atoms with E-state index in [9.17, 15) is 5.11 Å². The molecule has 0 aromatic carbocycles. The van der Waals surface area contributed by atoms with Crippen LogP contribution in [0.15, 0.2) is 22.8 Å². The first kappa shape index (κ1) is 10.1. The van der Waals surface area contributed by atoms with Gasteiger partial charge in [0.2, 0.25) is 0 Å². The number of nitrogens with zero attached hydrogens (tertiary/aromatic N) is 2. The molecule has 0 saturated carbocycles. The molecule has 5 heteroatoms. The zero-order valence-corrected chi connectivity index (χ0v) is 8.14. The molecule has 2 atom stereocenters. The molecule has 0 aliphatic rings. The summed E-state index contributed by atoms with van der Waals surface area (Å²) in [5, 5.41) is 26.6. The van der Waals surface area contributed by atoms with Crippen LogP contribution < -0.4 is 0 Å². The Labute approximate surface area is 83.6 Å². The molecule has 1 heterocycles. The minimum Gasteiger partial charge on any atom is -0.383 e. The number of aromatic nitrogens is 1. The van der Waals surface area contributed by atoms with Gasteiger partial charge in [-0.1, -0.05) is 0 Å². The maximum Gasteiger partial charge on any atom is 0.171 e. The van der Waals surface area contributed by atoms with Crippen molar-refractivity contribution in [1.29, 1.82) is 5.26 Å². The lowest BCUT2D eigenvalue weighted by atomic mass is 10.1. The molecule has 0 radical (unpaired) electrons. The lowest BCUT2D eigenvalue weighted by Gasteiger charge is -2.10. The molecule has 0 bridgehead atoms. The van der Waals surface area contributed by atoms with E-state index in [4.69, 9.17) is 10.4 Å². The van der Waals surface area contributed by atoms with Gasteiger partial charge in [-0.15, -0.1) is 0 Å².